The van der Waals surface area contributed by atoms with Crippen molar-refractivity contribution in [3.63, 3.8) is 0 Å². The van der Waals surface area contributed by atoms with E-state index in [1.54, 1.807) is 13.3 Å². The Labute approximate surface area is 144 Å². The molecule has 0 radical (unpaired) electrons. The Bertz CT molecular complexity index is 897. The number of anilines is 1. The standard InChI is InChI=1S/C18H17N3O2S/c1-23-16-7-5-13(6-8-16)11-17(22)20-14-3-2-4-15(12-14)21-10-9-19-18(21)24/h2-10,12H,11H2,1H3,(H,19,24)(H,20,22). The summed E-state index contributed by atoms with van der Waals surface area (Å²) in [6.07, 6.45) is 3.93. The highest BCUT2D eigenvalue weighted by molar-refractivity contribution is 7.71. The van der Waals surface area contributed by atoms with E-state index in [2.05, 4.69) is 10.3 Å². The van der Waals surface area contributed by atoms with E-state index in [1.807, 2.05) is 59.3 Å². The van der Waals surface area contributed by atoms with Gasteiger partial charge < -0.3 is 15.0 Å². The average molecular weight is 339 g/mol. The minimum Gasteiger partial charge on any atom is -0.497 e. The Morgan fingerprint density at radius 2 is 2.04 bits per heavy atom. The number of imidazole rings is 1. The SMILES string of the molecule is COc1ccc(CC(=O)Nc2cccc(-n3cc[nH]c3=S)c2)cc1. The number of aromatic amines is 1. The highest BCUT2D eigenvalue weighted by Crippen LogP contribution is 2.16. The summed E-state index contributed by atoms with van der Waals surface area (Å²) in [7, 11) is 1.62. The average Bonchev–Trinajstić information content (AvgIpc) is 3.02. The lowest BCUT2D eigenvalue weighted by molar-refractivity contribution is -0.115. The van der Waals surface area contributed by atoms with Gasteiger partial charge in [-0.1, -0.05) is 18.2 Å². The van der Waals surface area contributed by atoms with Crippen molar-refractivity contribution in [3.8, 4) is 11.4 Å². The van der Waals surface area contributed by atoms with Gasteiger partial charge in [0.15, 0.2) is 4.77 Å². The topological polar surface area (TPSA) is 59.0 Å². The smallest absolute Gasteiger partial charge is 0.228 e. The third kappa shape index (κ3) is 3.72. The Hall–Kier alpha value is -2.86. The van der Waals surface area contributed by atoms with Crippen LogP contribution in [0, 0.1) is 4.77 Å². The van der Waals surface area contributed by atoms with Crippen molar-refractivity contribution >= 4 is 23.8 Å². The number of amides is 1. The number of methoxy groups -OCH3 is 1. The van der Waals surface area contributed by atoms with Crippen LogP contribution in [0.2, 0.25) is 0 Å². The van der Waals surface area contributed by atoms with E-state index in [4.69, 9.17) is 17.0 Å². The Kier molecular flexibility index (Phi) is 4.77. The fourth-order valence-electron chi connectivity index (χ4n) is 2.39. The zero-order valence-corrected chi connectivity index (χ0v) is 14.0. The number of hydrogen-bond donors (Lipinski definition) is 2. The summed E-state index contributed by atoms with van der Waals surface area (Å²) in [6, 6.07) is 15.0. The fourth-order valence-corrected chi connectivity index (χ4v) is 2.63. The molecule has 0 aliphatic heterocycles. The predicted molar refractivity (Wildman–Crippen MR) is 96.3 cm³/mol. The van der Waals surface area contributed by atoms with Crippen molar-refractivity contribution in [2.45, 2.75) is 6.42 Å². The van der Waals surface area contributed by atoms with Crippen LogP contribution in [0.5, 0.6) is 5.75 Å². The number of H-pyrrole nitrogens is 1. The largest absolute Gasteiger partial charge is 0.497 e. The van der Waals surface area contributed by atoms with Crippen molar-refractivity contribution in [2.75, 3.05) is 12.4 Å². The molecule has 1 amide bonds. The summed E-state index contributed by atoms with van der Waals surface area (Å²) in [4.78, 5) is 15.2. The number of hydrogen-bond acceptors (Lipinski definition) is 3. The maximum atomic E-state index is 12.2. The van der Waals surface area contributed by atoms with Gasteiger partial charge in [-0.2, -0.15) is 0 Å². The molecule has 0 bridgehead atoms. The van der Waals surface area contributed by atoms with Crippen LogP contribution in [0.1, 0.15) is 5.56 Å². The fraction of sp³-hybridized carbons (Fsp3) is 0.111. The normalized spacial score (nSPS) is 10.4. The Balaban J connectivity index is 1.70. The first-order chi connectivity index (χ1) is 11.7. The molecule has 122 valence electrons. The maximum absolute atomic E-state index is 12.2. The molecule has 3 rings (SSSR count). The van der Waals surface area contributed by atoms with Crippen LogP contribution in [0.3, 0.4) is 0 Å². The van der Waals surface area contributed by atoms with Gasteiger partial charge in [-0.05, 0) is 48.1 Å². The van der Waals surface area contributed by atoms with E-state index in [1.165, 1.54) is 0 Å². The summed E-state index contributed by atoms with van der Waals surface area (Å²) >= 11 is 5.22. The first-order valence-electron chi connectivity index (χ1n) is 7.45. The highest BCUT2D eigenvalue weighted by Gasteiger charge is 2.06. The molecule has 3 aromatic rings. The minimum atomic E-state index is -0.0741. The molecule has 0 saturated carbocycles. The summed E-state index contributed by atoms with van der Waals surface area (Å²) in [5.74, 6) is 0.699. The number of nitrogens with one attached hydrogen (secondary N) is 2. The number of rotatable bonds is 5. The molecule has 0 unspecified atom stereocenters. The molecule has 24 heavy (non-hydrogen) atoms. The van der Waals surface area contributed by atoms with E-state index >= 15 is 0 Å². The number of carbonyl (C=O) groups excluding carboxylic acids is 1. The molecule has 1 heterocycles. The van der Waals surface area contributed by atoms with Gasteiger partial charge in [0.1, 0.15) is 5.75 Å². The summed E-state index contributed by atoms with van der Waals surface area (Å²) in [5, 5.41) is 2.91. The number of carbonyl (C=O) groups is 1. The summed E-state index contributed by atoms with van der Waals surface area (Å²) < 4.78 is 7.56. The molecule has 6 heteroatoms. The Morgan fingerprint density at radius 3 is 2.71 bits per heavy atom. The molecule has 0 aliphatic carbocycles. The van der Waals surface area contributed by atoms with Gasteiger partial charge in [0.25, 0.3) is 0 Å². The van der Waals surface area contributed by atoms with Gasteiger partial charge in [0, 0.05) is 23.8 Å². The highest BCUT2D eigenvalue weighted by atomic mass is 32.1. The van der Waals surface area contributed by atoms with Gasteiger partial charge in [0.05, 0.1) is 13.5 Å². The zero-order valence-electron chi connectivity index (χ0n) is 13.2. The summed E-state index contributed by atoms with van der Waals surface area (Å²) in [6.45, 7) is 0. The van der Waals surface area contributed by atoms with E-state index in [9.17, 15) is 4.79 Å². The van der Waals surface area contributed by atoms with Gasteiger partial charge in [-0.15, -0.1) is 0 Å². The van der Waals surface area contributed by atoms with Crippen molar-refractivity contribution in [1.82, 2.24) is 9.55 Å². The lowest BCUT2D eigenvalue weighted by atomic mass is 10.1. The first kappa shape index (κ1) is 16.0. The van der Waals surface area contributed by atoms with Crippen molar-refractivity contribution in [1.29, 1.82) is 0 Å². The molecule has 5 nitrogen and oxygen atoms in total. The molecule has 0 saturated heterocycles. The van der Waals surface area contributed by atoms with Crippen LogP contribution < -0.4 is 10.1 Å². The first-order valence-corrected chi connectivity index (χ1v) is 7.86. The molecule has 2 N–H and O–H groups in total. The third-order valence-electron chi connectivity index (χ3n) is 3.58. The maximum Gasteiger partial charge on any atom is 0.228 e. The lowest BCUT2D eigenvalue weighted by Crippen LogP contribution is -2.14. The number of nitrogens with zero attached hydrogens (tertiary/aromatic N) is 1. The molecular formula is C18H17N3O2S. The lowest BCUT2D eigenvalue weighted by Gasteiger charge is -2.08. The molecule has 0 spiro atoms. The van der Waals surface area contributed by atoms with Gasteiger partial charge in [-0.3, -0.25) is 9.36 Å². The molecule has 1 aromatic heterocycles. The third-order valence-corrected chi connectivity index (χ3v) is 3.90. The van der Waals surface area contributed by atoms with Crippen LogP contribution >= 0.6 is 12.2 Å². The number of aromatic nitrogens is 2. The second-order valence-corrected chi connectivity index (χ2v) is 5.65. The van der Waals surface area contributed by atoms with Crippen molar-refractivity contribution in [3.05, 3.63) is 71.3 Å². The molecule has 0 fully saturated rings. The minimum absolute atomic E-state index is 0.0741. The predicted octanol–water partition coefficient (Wildman–Crippen LogP) is 3.72. The molecule has 2 aromatic carbocycles. The van der Waals surface area contributed by atoms with Crippen LogP contribution in [-0.4, -0.2) is 22.6 Å². The molecule has 0 atom stereocenters. The monoisotopic (exact) mass is 339 g/mol. The second-order valence-electron chi connectivity index (χ2n) is 5.26. The van der Waals surface area contributed by atoms with Gasteiger partial charge in [0.2, 0.25) is 5.91 Å². The molecule has 0 aliphatic rings. The van der Waals surface area contributed by atoms with Crippen molar-refractivity contribution < 1.29 is 9.53 Å². The Morgan fingerprint density at radius 1 is 1.25 bits per heavy atom. The number of benzene rings is 2. The van der Waals surface area contributed by atoms with E-state index in [0.29, 0.717) is 11.2 Å². The second kappa shape index (κ2) is 7.14. The van der Waals surface area contributed by atoms with Crippen LogP contribution in [0.15, 0.2) is 60.9 Å². The van der Waals surface area contributed by atoms with E-state index in [0.717, 1.165) is 22.7 Å². The number of ether oxygens (including phenoxy) is 1. The van der Waals surface area contributed by atoms with E-state index in [-0.39, 0.29) is 5.91 Å². The quantitative estimate of drug-likeness (QED) is 0.697. The van der Waals surface area contributed by atoms with E-state index < -0.39 is 0 Å². The molecular weight excluding hydrogens is 322 g/mol. The van der Waals surface area contributed by atoms with Gasteiger partial charge in [-0.25, -0.2) is 0 Å². The van der Waals surface area contributed by atoms with Crippen molar-refractivity contribution in [2.24, 2.45) is 0 Å². The zero-order chi connectivity index (χ0) is 16.9. The van der Waals surface area contributed by atoms with Gasteiger partial charge >= 0.3 is 0 Å². The van der Waals surface area contributed by atoms with Crippen LogP contribution in [0.25, 0.3) is 5.69 Å². The van der Waals surface area contributed by atoms with Crippen LogP contribution in [-0.2, 0) is 11.2 Å². The summed E-state index contributed by atoms with van der Waals surface area (Å²) in [5.41, 5.74) is 2.55. The van der Waals surface area contributed by atoms with Crippen LogP contribution in [0.4, 0.5) is 5.69 Å².